The SMILES string of the molecule is COc1ccc(C(=O)Nc2n[nH]c(C)c2C)cc1OC. The first-order chi connectivity index (χ1) is 9.56. The number of nitrogens with zero attached hydrogens (tertiary/aromatic N) is 1. The van der Waals surface area contributed by atoms with Crippen LogP contribution < -0.4 is 14.8 Å². The van der Waals surface area contributed by atoms with E-state index in [-0.39, 0.29) is 5.91 Å². The molecule has 0 radical (unpaired) electrons. The van der Waals surface area contributed by atoms with Crippen LogP contribution in [-0.2, 0) is 0 Å². The number of aryl methyl sites for hydroxylation is 1. The molecular weight excluding hydrogens is 258 g/mol. The van der Waals surface area contributed by atoms with Crippen molar-refractivity contribution in [3.05, 3.63) is 35.0 Å². The van der Waals surface area contributed by atoms with Gasteiger partial charge in [-0.1, -0.05) is 0 Å². The normalized spacial score (nSPS) is 10.2. The van der Waals surface area contributed by atoms with E-state index in [1.165, 1.54) is 7.11 Å². The number of aromatic nitrogens is 2. The van der Waals surface area contributed by atoms with Gasteiger partial charge in [0.05, 0.1) is 14.2 Å². The number of H-pyrrole nitrogens is 1. The Hall–Kier alpha value is -2.50. The lowest BCUT2D eigenvalue weighted by Gasteiger charge is -2.09. The summed E-state index contributed by atoms with van der Waals surface area (Å²) in [7, 11) is 3.08. The first-order valence-corrected chi connectivity index (χ1v) is 6.11. The molecule has 0 fully saturated rings. The molecule has 1 aromatic heterocycles. The average molecular weight is 275 g/mol. The van der Waals surface area contributed by atoms with Crippen LogP contribution in [0.15, 0.2) is 18.2 Å². The van der Waals surface area contributed by atoms with Crippen LogP contribution in [0.2, 0.25) is 0 Å². The van der Waals surface area contributed by atoms with Gasteiger partial charge in [-0.2, -0.15) is 5.10 Å². The number of amides is 1. The van der Waals surface area contributed by atoms with Gasteiger partial charge in [0.15, 0.2) is 17.3 Å². The van der Waals surface area contributed by atoms with E-state index in [1.807, 2.05) is 13.8 Å². The van der Waals surface area contributed by atoms with Crippen molar-refractivity contribution in [1.82, 2.24) is 10.2 Å². The summed E-state index contributed by atoms with van der Waals surface area (Å²) in [5.74, 6) is 1.37. The molecule has 0 saturated carbocycles. The number of benzene rings is 1. The zero-order valence-corrected chi connectivity index (χ0v) is 11.9. The third-order valence-electron chi connectivity index (χ3n) is 3.13. The topological polar surface area (TPSA) is 76.2 Å². The van der Waals surface area contributed by atoms with Gasteiger partial charge in [-0.15, -0.1) is 0 Å². The van der Waals surface area contributed by atoms with Crippen LogP contribution in [0.1, 0.15) is 21.6 Å². The molecule has 0 unspecified atom stereocenters. The van der Waals surface area contributed by atoms with Crippen LogP contribution in [0.4, 0.5) is 5.82 Å². The van der Waals surface area contributed by atoms with Crippen molar-refractivity contribution in [2.75, 3.05) is 19.5 Å². The van der Waals surface area contributed by atoms with Crippen LogP contribution in [-0.4, -0.2) is 30.3 Å². The van der Waals surface area contributed by atoms with Crippen LogP contribution in [0, 0.1) is 13.8 Å². The molecule has 6 heteroatoms. The molecule has 0 aliphatic heterocycles. The summed E-state index contributed by atoms with van der Waals surface area (Å²) >= 11 is 0. The third kappa shape index (κ3) is 2.59. The summed E-state index contributed by atoms with van der Waals surface area (Å²) in [4.78, 5) is 12.2. The number of rotatable bonds is 4. The summed E-state index contributed by atoms with van der Waals surface area (Å²) in [6.45, 7) is 3.79. The predicted molar refractivity (Wildman–Crippen MR) is 75.6 cm³/mol. The maximum Gasteiger partial charge on any atom is 0.257 e. The van der Waals surface area contributed by atoms with Crippen molar-refractivity contribution < 1.29 is 14.3 Å². The fourth-order valence-electron chi connectivity index (χ4n) is 1.76. The van der Waals surface area contributed by atoms with Crippen molar-refractivity contribution in [3.8, 4) is 11.5 Å². The lowest BCUT2D eigenvalue weighted by molar-refractivity contribution is 0.102. The van der Waals surface area contributed by atoms with Crippen molar-refractivity contribution in [1.29, 1.82) is 0 Å². The summed E-state index contributed by atoms with van der Waals surface area (Å²) in [5.41, 5.74) is 2.31. The molecule has 1 heterocycles. The van der Waals surface area contributed by atoms with Gasteiger partial charge in [0, 0.05) is 16.8 Å². The monoisotopic (exact) mass is 275 g/mol. The Bertz CT molecular complexity index is 635. The summed E-state index contributed by atoms with van der Waals surface area (Å²) in [6.07, 6.45) is 0. The second-order valence-corrected chi connectivity index (χ2v) is 4.35. The van der Waals surface area contributed by atoms with Gasteiger partial charge in [-0.3, -0.25) is 9.89 Å². The van der Waals surface area contributed by atoms with Gasteiger partial charge in [0.2, 0.25) is 0 Å². The smallest absolute Gasteiger partial charge is 0.257 e. The van der Waals surface area contributed by atoms with Crippen LogP contribution in [0.3, 0.4) is 0 Å². The van der Waals surface area contributed by atoms with E-state index in [0.29, 0.717) is 22.9 Å². The molecule has 2 N–H and O–H groups in total. The minimum absolute atomic E-state index is 0.249. The highest BCUT2D eigenvalue weighted by Gasteiger charge is 2.13. The molecule has 2 rings (SSSR count). The molecule has 6 nitrogen and oxygen atoms in total. The highest BCUT2D eigenvalue weighted by molar-refractivity contribution is 6.04. The van der Waals surface area contributed by atoms with E-state index in [9.17, 15) is 4.79 Å². The molecule has 0 bridgehead atoms. The van der Waals surface area contributed by atoms with Crippen molar-refractivity contribution in [2.45, 2.75) is 13.8 Å². The molecule has 1 amide bonds. The second-order valence-electron chi connectivity index (χ2n) is 4.35. The fourth-order valence-corrected chi connectivity index (χ4v) is 1.76. The number of carbonyl (C=O) groups excluding carboxylic acids is 1. The Morgan fingerprint density at radius 2 is 1.90 bits per heavy atom. The van der Waals surface area contributed by atoms with Gasteiger partial charge in [0.1, 0.15) is 0 Å². The molecular formula is C14H17N3O3. The predicted octanol–water partition coefficient (Wildman–Crippen LogP) is 2.30. The number of aromatic amines is 1. The lowest BCUT2D eigenvalue weighted by atomic mass is 10.2. The third-order valence-corrected chi connectivity index (χ3v) is 3.13. The van der Waals surface area contributed by atoms with Gasteiger partial charge in [0.25, 0.3) is 5.91 Å². The highest BCUT2D eigenvalue weighted by Crippen LogP contribution is 2.28. The highest BCUT2D eigenvalue weighted by atomic mass is 16.5. The Kier molecular flexibility index (Phi) is 3.93. The van der Waals surface area contributed by atoms with Gasteiger partial charge in [-0.05, 0) is 32.0 Å². The van der Waals surface area contributed by atoms with E-state index in [4.69, 9.17) is 9.47 Å². The molecule has 0 aliphatic carbocycles. The quantitative estimate of drug-likeness (QED) is 0.897. The minimum Gasteiger partial charge on any atom is -0.493 e. The lowest BCUT2D eigenvalue weighted by Crippen LogP contribution is -2.13. The van der Waals surface area contributed by atoms with Gasteiger partial charge in [-0.25, -0.2) is 0 Å². The number of hydrogen-bond acceptors (Lipinski definition) is 4. The number of hydrogen-bond donors (Lipinski definition) is 2. The summed E-state index contributed by atoms with van der Waals surface area (Å²) < 4.78 is 10.3. The molecule has 0 saturated heterocycles. The van der Waals surface area contributed by atoms with Crippen LogP contribution in [0.5, 0.6) is 11.5 Å². The van der Waals surface area contributed by atoms with Gasteiger partial charge >= 0.3 is 0 Å². The fraction of sp³-hybridized carbons (Fsp3) is 0.286. The largest absolute Gasteiger partial charge is 0.493 e. The molecule has 0 aliphatic rings. The Morgan fingerprint density at radius 1 is 1.20 bits per heavy atom. The van der Waals surface area contributed by atoms with Crippen molar-refractivity contribution in [3.63, 3.8) is 0 Å². The second kappa shape index (κ2) is 5.64. The first kappa shape index (κ1) is 13.9. The standard InChI is InChI=1S/C14H17N3O3/c1-8-9(2)16-17-13(8)15-14(18)10-5-6-11(19-3)12(7-10)20-4/h5-7H,1-4H3,(H2,15,16,17,18). The summed E-state index contributed by atoms with van der Waals surface area (Å²) in [5, 5.41) is 9.63. The maximum atomic E-state index is 12.2. The molecule has 0 spiro atoms. The first-order valence-electron chi connectivity index (χ1n) is 6.11. The van der Waals surface area contributed by atoms with E-state index in [0.717, 1.165) is 11.3 Å². The minimum atomic E-state index is -0.249. The van der Waals surface area contributed by atoms with E-state index < -0.39 is 0 Å². The number of methoxy groups -OCH3 is 2. The van der Waals surface area contributed by atoms with E-state index in [2.05, 4.69) is 15.5 Å². The maximum absolute atomic E-state index is 12.2. The molecule has 20 heavy (non-hydrogen) atoms. The van der Waals surface area contributed by atoms with Crippen molar-refractivity contribution >= 4 is 11.7 Å². The number of ether oxygens (including phenoxy) is 2. The average Bonchev–Trinajstić information content (AvgIpc) is 2.78. The number of nitrogens with one attached hydrogen (secondary N) is 2. The van der Waals surface area contributed by atoms with E-state index >= 15 is 0 Å². The van der Waals surface area contributed by atoms with E-state index in [1.54, 1.807) is 25.3 Å². The van der Waals surface area contributed by atoms with Crippen molar-refractivity contribution in [2.24, 2.45) is 0 Å². The molecule has 0 atom stereocenters. The zero-order valence-electron chi connectivity index (χ0n) is 11.9. The number of anilines is 1. The van der Waals surface area contributed by atoms with Crippen LogP contribution in [0.25, 0.3) is 0 Å². The molecule has 1 aromatic carbocycles. The van der Waals surface area contributed by atoms with Gasteiger partial charge < -0.3 is 14.8 Å². The summed E-state index contributed by atoms with van der Waals surface area (Å²) in [6, 6.07) is 4.99. The number of carbonyl (C=O) groups is 1. The van der Waals surface area contributed by atoms with Crippen LogP contribution >= 0.6 is 0 Å². The molecule has 2 aromatic rings. The Morgan fingerprint density at radius 3 is 2.45 bits per heavy atom. The Labute approximate surface area is 117 Å². The Balaban J connectivity index is 2.23. The zero-order chi connectivity index (χ0) is 14.7. The molecule has 106 valence electrons.